The molecule has 26 heavy (non-hydrogen) atoms. The lowest BCUT2D eigenvalue weighted by Gasteiger charge is -2.20. The van der Waals surface area contributed by atoms with E-state index in [1.165, 1.54) is 12.1 Å². The minimum atomic E-state index is -3.19. The summed E-state index contributed by atoms with van der Waals surface area (Å²) in [7, 11) is -3.19. The zero-order valence-electron chi connectivity index (χ0n) is 16.2. The Kier molecular flexibility index (Phi) is 8.33. The molecule has 0 saturated heterocycles. The van der Waals surface area contributed by atoms with E-state index < -0.39 is 14.6 Å². The third-order valence-electron chi connectivity index (χ3n) is 3.58. The number of nitrogens with one attached hydrogen (secondary N) is 2. The average molecular weight is 388 g/mol. The minimum absolute atomic E-state index is 0.0241. The number of sulfone groups is 1. The maximum atomic E-state index is 13.2. The molecule has 0 aliphatic rings. The van der Waals surface area contributed by atoms with Crippen LogP contribution < -0.4 is 15.4 Å². The predicted molar refractivity (Wildman–Crippen MR) is 104 cm³/mol. The van der Waals surface area contributed by atoms with Crippen LogP contribution in [-0.4, -0.2) is 50.6 Å². The Labute approximate surface area is 156 Å². The highest BCUT2D eigenvalue weighted by molar-refractivity contribution is 7.92. The third kappa shape index (κ3) is 7.59. The molecule has 1 atom stereocenters. The van der Waals surface area contributed by atoms with Gasteiger partial charge in [-0.25, -0.2) is 17.8 Å². The van der Waals surface area contributed by atoms with Gasteiger partial charge in [-0.2, -0.15) is 0 Å². The molecule has 148 valence electrons. The van der Waals surface area contributed by atoms with Gasteiger partial charge in [0.1, 0.15) is 17.7 Å². The maximum absolute atomic E-state index is 13.2. The van der Waals surface area contributed by atoms with Gasteiger partial charge < -0.3 is 15.4 Å². The number of nitrogens with zero attached hydrogens (tertiary/aromatic N) is 1. The Balaban J connectivity index is 2.57. The molecular weight excluding hydrogens is 357 g/mol. The summed E-state index contributed by atoms with van der Waals surface area (Å²) in [4.78, 5) is 4.39. The fourth-order valence-corrected chi connectivity index (χ4v) is 2.96. The third-order valence-corrected chi connectivity index (χ3v) is 6.19. The number of aliphatic imine (C=N–C) groups is 1. The van der Waals surface area contributed by atoms with Crippen molar-refractivity contribution in [2.24, 2.45) is 4.99 Å². The first kappa shape index (κ1) is 22.2. The monoisotopic (exact) mass is 387 g/mol. The van der Waals surface area contributed by atoms with Gasteiger partial charge in [0.05, 0.1) is 17.0 Å². The summed E-state index contributed by atoms with van der Waals surface area (Å²) in [5.74, 6) is 0.637. The normalized spacial score (nSPS) is 14.0. The van der Waals surface area contributed by atoms with E-state index in [1.807, 2.05) is 13.8 Å². The molecule has 0 heterocycles. The molecule has 8 heteroatoms. The second-order valence-corrected chi connectivity index (χ2v) is 9.83. The summed E-state index contributed by atoms with van der Waals surface area (Å²) < 4.78 is 42.3. The molecule has 1 rings (SSSR count). The van der Waals surface area contributed by atoms with Crippen molar-refractivity contribution in [2.75, 3.05) is 25.4 Å². The largest absolute Gasteiger partial charge is 0.489 e. The first-order valence-electron chi connectivity index (χ1n) is 8.72. The van der Waals surface area contributed by atoms with Crippen LogP contribution in [0.15, 0.2) is 29.3 Å². The van der Waals surface area contributed by atoms with Gasteiger partial charge in [0, 0.05) is 19.2 Å². The number of hydrogen-bond donors (Lipinski definition) is 2. The molecule has 0 aliphatic carbocycles. The molecule has 0 aliphatic heterocycles. The maximum Gasteiger partial charge on any atom is 0.191 e. The summed E-state index contributed by atoms with van der Waals surface area (Å²) in [6.45, 7) is 10.1. The van der Waals surface area contributed by atoms with Crippen LogP contribution in [0.3, 0.4) is 0 Å². The zero-order chi connectivity index (χ0) is 19.8. The van der Waals surface area contributed by atoms with E-state index in [4.69, 9.17) is 4.74 Å². The highest BCUT2D eigenvalue weighted by Gasteiger charge is 2.28. The lowest BCUT2D eigenvalue weighted by Crippen LogP contribution is -2.42. The highest BCUT2D eigenvalue weighted by Crippen LogP contribution is 2.15. The second kappa shape index (κ2) is 9.75. The van der Waals surface area contributed by atoms with Gasteiger partial charge in [-0.3, -0.25) is 0 Å². The number of rotatable bonds is 8. The second-order valence-electron chi connectivity index (χ2n) is 6.96. The molecular formula is C18H30FN3O3S. The van der Waals surface area contributed by atoms with Crippen LogP contribution >= 0.6 is 0 Å². The van der Waals surface area contributed by atoms with E-state index in [2.05, 4.69) is 15.6 Å². The molecule has 0 amide bonds. The van der Waals surface area contributed by atoms with E-state index in [1.54, 1.807) is 32.9 Å². The van der Waals surface area contributed by atoms with E-state index in [9.17, 15) is 12.8 Å². The summed E-state index contributed by atoms with van der Waals surface area (Å²) >= 11 is 0. The topological polar surface area (TPSA) is 79.8 Å². The van der Waals surface area contributed by atoms with Crippen LogP contribution in [0.2, 0.25) is 0 Å². The fourth-order valence-electron chi connectivity index (χ4n) is 1.98. The Morgan fingerprint density at radius 3 is 2.58 bits per heavy atom. The SMILES string of the molecule is CCNC(=NCC(C)Oc1cccc(F)c1)NCCS(=O)(=O)C(C)(C)C. The smallest absolute Gasteiger partial charge is 0.191 e. The standard InChI is InChI=1S/C18H30FN3O3S/c1-6-20-17(21-10-11-26(23,24)18(3,4)5)22-13-14(2)25-16-9-7-8-15(19)12-16/h7-9,12,14H,6,10-11,13H2,1-5H3,(H2,20,21,22). The molecule has 2 N–H and O–H groups in total. The number of halogens is 1. The summed E-state index contributed by atoms with van der Waals surface area (Å²) in [5, 5.41) is 6.09. The van der Waals surface area contributed by atoms with Gasteiger partial charge in [0.2, 0.25) is 0 Å². The predicted octanol–water partition coefficient (Wildman–Crippen LogP) is 2.36. The van der Waals surface area contributed by atoms with Gasteiger partial charge in [-0.1, -0.05) is 6.07 Å². The molecule has 0 saturated carbocycles. The van der Waals surface area contributed by atoms with Crippen molar-refractivity contribution < 1.29 is 17.5 Å². The van der Waals surface area contributed by atoms with Crippen LogP contribution in [0.4, 0.5) is 4.39 Å². The van der Waals surface area contributed by atoms with E-state index in [-0.39, 0.29) is 24.2 Å². The van der Waals surface area contributed by atoms with E-state index >= 15 is 0 Å². The first-order chi connectivity index (χ1) is 12.0. The Bertz CT molecular complexity index is 700. The molecule has 0 spiro atoms. The quantitative estimate of drug-likeness (QED) is 0.529. The van der Waals surface area contributed by atoms with Gasteiger partial charge in [0.25, 0.3) is 0 Å². The zero-order valence-corrected chi connectivity index (χ0v) is 17.0. The van der Waals surface area contributed by atoms with Gasteiger partial charge in [0.15, 0.2) is 15.8 Å². The highest BCUT2D eigenvalue weighted by atomic mass is 32.2. The number of benzene rings is 1. The van der Waals surface area contributed by atoms with Crippen molar-refractivity contribution in [3.63, 3.8) is 0 Å². The summed E-state index contributed by atoms with van der Waals surface area (Å²) in [5.41, 5.74) is 0. The Morgan fingerprint density at radius 2 is 2.00 bits per heavy atom. The summed E-state index contributed by atoms with van der Waals surface area (Å²) in [6, 6.07) is 5.95. The summed E-state index contributed by atoms with van der Waals surface area (Å²) in [6.07, 6.45) is -0.259. The van der Waals surface area contributed by atoms with Crippen LogP contribution in [0.5, 0.6) is 5.75 Å². The van der Waals surface area contributed by atoms with Crippen molar-refractivity contribution in [1.82, 2.24) is 10.6 Å². The molecule has 0 bridgehead atoms. The van der Waals surface area contributed by atoms with Gasteiger partial charge in [-0.05, 0) is 46.8 Å². The van der Waals surface area contributed by atoms with Crippen molar-refractivity contribution >= 4 is 15.8 Å². The number of hydrogen-bond acceptors (Lipinski definition) is 4. The number of ether oxygens (including phenoxy) is 1. The van der Waals surface area contributed by atoms with Crippen molar-refractivity contribution in [3.05, 3.63) is 30.1 Å². The van der Waals surface area contributed by atoms with Gasteiger partial charge >= 0.3 is 0 Å². The van der Waals surface area contributed by atoms with Crippen LogP contribution in [0.1, 0.15) is 34.6 Å². The molecule has 6 nitrogen and oxygen atoms in total. The van der Waals surface area contributed by atoms with Crippen molar-refractivity contribution in [3.8, 4) is 5.75 Å². The first-order valence-corrected chi connectivity index (χ1v) is 10.4. The molecule has 0 fully saturated rings. The van der Waals surface area contributed by atoms with Crippen LogP contribution in [-0.2, 0) is 9.84 Å². The Morgan fingerprint density at radius 1 is 1.31 bits per heavy atom. The Hall–Kier alpha value is -1.83. The lowest BCUT2D eigenvalue weighted by atomic mass is 10.3. The molecule has 1 aromatic rings. The van der Waals surface area contributed by atoms with E-state index in [0.29, 0.717) is 24.8 Å². The molecule has 1 unspecified atom stereocenters. The number of guanidine groups is 1. The van der Waals surface area contributed by atoms with Gasteiger partial charge in [-0.15, -0.1) is 0 Å². The molecule has 1 aromatic carbocycles. The lowest BCUT2D eigenvalue weighted by molar-refractivity contribution is 0.229. The minimum Gasteiger partial charge on any atom is -0.489 e. The molecule has 0 aromatic heterocycles. The molecule has 0 radical (unpaired) electrons. The fraction of sp³-hybridized carbons (Fsp3) is 0.611. The van der Waals surface area contributed by atoms with Crippen LogP contribution in [0, 0.1) is 5.82 Å². The van der Waals surface area contributed by atoms with Crippen molar-refractivity contribution in [1.29, 1.82) is 0 Å². The van der Waals surface area contributed by atoms with Crippen LogP contribution in [0.25, 0.3) is 0 Å². The average Bonchev–Trinajstić information content (AvgIpc) is 2.51. The van der Waals surface area contributed by atoms with Crippen molar-refractivity contribution in [2.45, 2.75) is 45.5 Å². The van der Waals surface area contributed by atoms with E-state index in [0.717, 1.165) is 0 Å².